The van der Waals surface area contributed by atoms with Crippen LogP contribution in [0.2, 0.25) is 0 Å². The van der Waals surface area contributed by atoms with Crippen LogP contribution < -0.4 is 0 Å². The van der Waals surface area contributed by atoms with Crippen molar-refractivity contribution in [3.05, 3.63) is 39.9 Å². The molecular formula is C18H15N5O4. The number of nitro benzene ring substituents is 1. The van der Waals surface area contributed by atoms with E-state index >= 15 is 0 Å². The van der Waals surface area contributed by atoms with Crippen LogP contribution in [-0.4, -0.2) is 16.6 Å². The Morgan fingerprint density at radius 2 is 1.81 bits per heavy atom. The van der Waals surface area contributed by atoms with Gasteiger partial charge in [-0.2, -0.15) is 15.8 Å². The van der Waals surface area contributed by atoms with Crippen LogP contribution in [-0.2, 0) is 9.47 Å². The topological polar surface area (TPSA) is 157 Å². The second kappa shape index (κ2) is 5.77. The summed E-state index contributed by atoms with van der Waals surface area (Å²) in [6.45, 7) is 3.39. The number of non-ortho nitro benzene ring substituents is 1. The van der Waals surface area contributed by atoms with Gasteiger partial charge in [0.05, 0.1) is 29.0 Å². The zero-order valence-corrected chi connectivity index (χ0v) is 14.6. The van der Waals surface area contributed by atoms with E-state index in [1.54, 1.807) is 13.8 Å². The normalized spacial score (nSPS) is 33.2. The van der Waals surface area contributed by atoms with Crippen molar-refractivity contribution in [1.29, 1.82) is 21.2 Å². The highest BCUT2D eigenvalue weighted by Gasteiger charge is 2.78. The van der Waals surface area contributed by atoms with E-state index in [9.17, 15) is 25.9 Å². The fourth-order valence-corrected chi connectivity index (χ4v) is 4.11. The molecule has 1 N–H and O–H groups in total. The molecule has 3 rings (SSSR count). The summed E-state index contributed by atoms with van der Waals surface area (Å²) in [6.07, 6.45) is -0.928. The summed E-state index contributed by atoms with van der Waals surface area (Å²) in [4.78, 5) is 10.3. The number of fused-ring (bicyclic) bond motifs is 2. The fraction of sp³-hybridized carbons (Fsp3) is 0.444. The first-order valence-electron chi connectivity index (χ1n) is 8.22. The van der Waals surface area contributed by atoms with Gasteiger partial charge in [-0.3, -0.25) is 15.5 Å². The van der Waals surface area contributed by atoms with E-state index in [1.165, 1.54) is 24.3 Å². The first-order valence-corrected chi connectivity index (χ1v) is 8.22. The first-order chi connectivity index (χ1) is 12.8. The molecule has 0 aliphatic carbocycles. The minimum atomic E-state index is -2.05. The average molecular weight is 365 g/mol. The molecule has 0 saturated carbocycles. The van der Waals surface area contributed by atoms with Crippen LogP contribution in [0.4, 0.5) is 5.69 Å². The predicted molar refractivity (Wildman–Crippen MR) is 89.6 cm³/mol. The Labute approximate surface area is 155 Å². The van der Waals surface area contributed by atoms with Crippen LogP contribution >= 0.6 is 0 Å². The van der Waals surface area contributed by atoms with Gasteiger partial charge in [-0.05, 0) is 17.7 Å². The molecule has 2 fully saturated rings. The van der Waals surface area contributed by atoms with E-state index in [2.05, 4.69) is 0 Å². The molecule has 2 saturated heterocycles. The summed E-state index contributed by atoms with van der Waals surface area (Å²) < 4.78 is 11.7. The standard InChI is InChI=1S/C18H15N5O4/c1-3-18-11(2)17(10-21,15(22)27-18)16(8-19,9-20)14(26-18)12-4-6-13(7-5-12)23(24)25/h4-7,11,14,22H,3H2,1-2H3/t11-,14+,17+,18+/m0/s1. The quantitative estimate of drug-likeness (QED) is 0.637. The molecule has 2 aliphatic rings. The smallest absolute Gasteiger partial charge is 0.269 e. The highest BCUT2D eigenvalue weighted by molar-refractivity contribution is 5.89. The van der Waals surface area contributed by atoms with Gasteiger partial charge < -0.3 is 9.47 Å². The zero-order valence-electron chi connectivity index (χ0n) is 14.6. The monoisotopic (exact) mass is 365 g/mol. The third-order valence-corrected chi connectivity index (χ3v) is 5.70. The lowest BCUT2D eigenvalue weighted by molar-refractivity contribution is -0.384. The Bertz CT molecular complexity index is 940. The van der Waals surface area contributed by atoms with Gasteiger partial charge in [-0.1, -0.05) is 13.8 Å². The van der Waals surface area contributed by atoms with Crippen molar-refractivity contribution in [2.24, 2.45) is 16.7 Å². The Morgan fingerprint density at radius 1 is 1.22 bits per heavy atom. The summed E-state index contributed by atoms with van der Waals surface area (Å²) in [5.74, 6) is -2.54. The predicted octanol–water partition coefficient (Wildman–Crippen LogP) is 2.96. The maximum Gasteiger partial charge on any atom is 0.269 e. The molecule has 0 radical (unpaired) electrons. The van der Waals surface area contributed by atoms with Crippen molar-refractivity contribution in [3.8, 4) is 18.2 Å². The number of benzene rings is 1. The second-order valence-corrected chi connectivity index (χ2v) is 6.62. The fourth-order valence-electron chi connectivity index (χ4n) is 4.11. The molecule has 0 unspecified atom stereocenters. The number of nitrogens with one attached hydrogen (secondary N) is 1. The van der Waals surface area contributed by atoms with Crippen molar-refractivity contribution in [1.82, 2.24) is 0 Å². The van der Waals surface area contributed by atoms with E-state index in [1.807, 2.05) is 18.2 Å². The van der Waals surface area contributed by atoms with E-state index in [4.69, 9.17) is 14.9 Å². The molecule has 1 aromatic rings. The third-order valence-electron chi connectivity index (χ3n) is 5.70. The summed E-state index contributed by atoms with van der Waals surface area (Å²) in [6, 6.07) is 11.1. The third kappa shape index (κ3) is 1.96. The highest BCUT2D eigenvalue weighted by Crippen LogP contribution is 2.66. The molecule has 2 heterocycles. The summed E-state index contributed by atoms with van der Waals surface area (Å²) in [5, 5.41) is 49.1. The van der Waals surface area contributed by atoms with Gasteiger partial charge in [0.15, 0.2) is 5.41 Å². The summed E-state index contributed by atoms with van der Waals surface area (Å²) in [7, 11) is 0. The first kappa shape index (κ1) is 18.3. The van der Waals surface area contributed by atoms with Crippen molar-refractivity contribution in [3.63, 3.8) is 0 Å². The van der Waals surface area contributed by atoms with E-state index < -0.39 is 39.5 Å². The van der Waals surface area contributed by atoms with Crippen LogP contribution in [0.5, 0.6) is 0 Å². The Kier molecular flexibility index (Phi) is 3.91. The Balaban J connectivity index is 2.27. The van der Waals surface area contributed by atoms with E-state index in [0.717, 1.165) is 0 Å². The van der Waals surface area contributed by atoms with Gasteiger partial charge in [0, 0.05) is 18.6 Å². The highest BCUT2D eigenvalue weighted by atomic mass is 16.7. The minimum Gasteiger partial charge on any atom is -0.447 e. The molecule has 9 heteroatoms. The lowest BCUT2D eigenvalue weighted by Gasteiger charge is -2.48. The molecule has 1 aromatic carbocycles. The second-order valence-electron chi connectivity index (χ2n) is 6.62. The zero-order chi connectivity index (χ0) is 20.0. The largest absolute Gasteiger partial charge is 0.447 e. The maximum absolute atomic E-state index is 10.9. The van der Waals surface area contributed by atoms with Crippen LogP contribution in [0.15, 0.2) is 24.3 Å². The van der Waals surface area contributed by atoms with Gasteiger partial charge in [0.2, 0.25) is 17.1 Å². The van der Waals surface area contributed by atoms with Gasteiger partial charge in [0.1, 0.15) is 6.10 Å². The van der Waals surface area contributed by atoms with Crippen molar-refractivity contribution in [2.75, 3.05) is 0 Å². The number of nitro groups is 1. The Hall–Kier alpha value is -3.48. The summed E-state index contributed by atoms with van der Waals surface area (Å²) in [5.41, 5.74) is -3.71. The summed E-state index contributed by atoms with van der Waals surface area (Å²) >= 11 is 0. The molecule has 0 aromatic heterocycles. The maximum atomic E-state index is 10.9. The van der Waals surface area contributed by atoms with Crippen LogP contribution in [0.3, 0.4) is 0 Å². The average Bonchev–Trinajstić information content (AvgIpc) is 2.84. The van der Waals surface area contributed by atoms with E-state index in [0.29, 0.717) is 5.56 Å². The van der Waals surface area contributed by atoms with Gasteiger partial charge >= 0.3 is 0 Å². The van der Waals surface area contributed by atoms with Gasteiger partial charge in [0.25, 0.3) is 5.69 Å². The molecule has 4 atom stereocenters. The number of nitriles is 3. The molecular weight excluding hydrogens is 350 g/mol. The molecule has 27 heavy (non-hydrogen) atoms. The Morgan fingerprint density at radius 3 is 2.26 bits per heavy atom. The molecule has 2 aliphatic heterocycles. The SMILES string of the molecule is CC[C@@]12OC(=N)[C@@](C#N)([C@@H]1C)C(C#N)(C#N)[C@@H](c1ccc([N+](=O)[O-])cc1)O2. The molecule has 0 spiro atoms. The van der Waals surface area contributed by atoms with Crippen molar-refractivity contribution >= 4 is 11.6 Å². The molecule has 0 amide bonds. The number of hydrogen-bond acceptors (Lipinski definition) is 8. The van der Waals surface area contributed by atoms with Crippen LogP contribution in [0.25, 0.3) is 0 Å². The molecule has 2 bridgehead atoms. The molecule has 136 valence electrons. The van der Waals surface area contributed by atoms with Crippen LogP contribution in [0.1, 0.15) is 31.9 Å². The van der Waals surface area contributed by atoms with Crippen molar-refractivity contribution in [2.45, 2.75) is 32.2 Å². The van der Waals surface area contributed by atoms with Crippen LogP contribution in [0, 0.1) is 66.3 Å². The van der Waals surface area contributed by atoms with Gasteiger partial charge in [-0.25, -0.2) is 0 Å². The van der Waals surface area contributed by atoms with Crippen molar-refractivity contribution < 1.29 is 14.4 Å². The lowest BCUT2D eigenvalue weighted by atomic mass is 9.53. The van der Waals surface area contributed by atoms with E-state index in [-0.39, 0.29) is 12.1 Å². The van der Waals surface area contributed by atoms with Gasteiger partial charge in [-0.15, -0.1) is 0 Å². The molecule has 9 nitrogen and oxygen atoms in total. The number of hydrogen-bond donors (Lipinski definition) is 1. The number of nitrogens with zero attached hydrogens (tertiary/aromatic N) is 4. The number of rotatable bonds is 3. The minimum absolute atomic E-state index is 0.158. The number of ether oxygens (including phenoxy) is 2. The lowest BCUT2D eigenvalue weighted by Crippen LogP contribution is -2.58.